The first-order valence-corrected chi connectivity index (χ1v) is 7.35. The highest BCUT2D eigenvalue weighted by Crippen LogP contribution is 2.55. The maximum atomic E-state index is 12.4. The van der Waals surface area contributed by atoms with E-state index in [1.54, 1.807) is 0 Å². The molecule has 0 N–H and O–H groups in total. The highest BCUT2D eigenvalue weighted by Gasteiger charge is 2.53. The Bertz CT molecular complexity index is 405. The summed E-state index contributed by atoms with van der Waals surface area (Å²) >= 11 is 3.63. The third-order valence-electron chi connectivity index (χ3n) is 4.47. The Labute approximate surface area is 112 Å². The van der Waals surface area contributed by atoms with E-state index in [0.717, 1.165) is 18.4 Å². The second-order valence-corrected chi connectivity index (χ2v) is 7.03. The van der Waals surface area contributed by atoms with Crippen LogP contribution in [-0.4, -0.2) is 10.6 Å². The van der Waals surface area contributed by atoms with Crippen LogP contribution in [0.1, 0.15) is 40.5 Å². The van der Waals surface area contributed by atoms with Crippen LogP contribution in [0.4, 0.5) is 0 Å². The van der Waals surface area contributed by atoms with Crippen LogP contribution in [0.25, 0.3) is 0 Å². The molecule has 2 aliphatic carbocycles. The van der Waals surface area contributed by atoms with Crippen molar-refractivity contribution in [1.29, 1.82) is 0 Å². The molecule has 0 amide bonds. The average Bonchev–Trinajstić information content (AvgIpc) is 2.35. The Kier molecular flexibility index (Phi) is 3.37. The van der Waals surface area contributed by atoms with E-state index >= 15 is 0 Å². The molecule has 0 aromatic heterocycles. The maximum Gasteiger partial charge on any atom is 0.173 e. The lowest BCUT2D eigenvalue weighted by Crippen LogP contribution is -2.31. The molecule has 1 fully saturated rings. The second-order valence-electron chi connectivity index (χ2n) is 6.05. The van der Waals surface area contributed by atoms with Crippen LogP contribution in [0.3, 0.4) is 0 Å². The predicted octanol–water partition coefficient (Wildman–Crippen LogP) is 4.28. The van der Waals surface area contributed by atoms with Crippen molar-refractivity contribution >= 4 is 21.7 Å². The Morgan fingerprint density at radius 1 is 1.41 bits per heavy atom. The molecule has 0 saturated heterocycles. The zero-order valence-electron chi connectivity index (χ0n) is 11.1. The highest BCUT2D eigenvalue weighted by atomic mass is 79.9. The molecule has 0 aromatic carbocycles. The van der Waals surface area contributed by atoms with Crippen molar-refractivity contribution in [2.45, 2.75) is 45.4 Å². The van der Waals surface area contributed by atoms with Crippen molar-refractivity contribution in [3.05, 3.63) is 23.3 Å². The minimum absolute atomic E-state index is 0.00514. The second kappa shape index (κ2) is 4.38. The molecule has 1 saturated carbocycles. The summed E-state index contributed by atoms with van der Waals surface area (Å²) in [5.74, 6) is 1.25. The first-order chi connectivity index (χ1) is 7.88. The summed E-state index contributed by atoms with van der Waals surface area (Å²) in [6, 6.07) is 0. The van der Waals surface area contributed by atoms with E-state index in [2.05, 4.69) is 55.8 Å². The van der Waals surface area contributed by atoms with Gasteiger partial charge in [0.25, 0.3) is 0 Å². The van der Waals surface area contributed by atoms with Crippen molar-refractivity contribution in [2.24, 2.45) is 17.3 Å². The number of ketones is 1. The number of halogens is 1. The molecule has 1 nitrogen and oxygen atoms in total. The van der Waals surface area contributed by atoms with Crippen molar-refractivity contribution in [3.8, 4) is 0 Å². The van der Waals surface area contributed by atoms with Gasteiger partial charge in [-0.2, -0.15) is 0 Å². The summed E-state index contributed by atoms with van der Waals surface area (Å²) < 4.78 is 0. The summed E-state index contributed by atoms with van der Waals surface area (Å²) in [6.45, 7) is 8.88. The molecule has 17 heavy (non-hydrogen) atoms. The van der Waals surface area contributed by atoms with E-state index in [9.17, 15) is 4.79 Å². The van der Waals surface area contributed by atoms with Crippen LogP contribution in [0, 0.1) is 17.3 Å². The fourth-order valence-corrected chi connectivity index (χ4v) is 4.95. The van der Waals surface area contributed by atoms with E-state index in [1.807, 2.05) is 0 Å². The number of rotatable bonds is 1. The van der Waals surface area contributed by atoms with Crippen LogP contribution in [-0.2, 0) is 4.79 Å². The van der Waals surface area contributed by atoms with Gasteiger partial charge in [0.1, 0.15) is 0 Å². The zero-order valence-corrected chi connectivity index (χ0v) is 12.7. The maximum absolute atomic E-state index is 12.4. The van der Waals surface area contributed by atoms with Crippen LogP contribution in [0.5, 0.6) is 0 Å². The third-order valence-corrected chi connectivity index (χ3v) is 5.46. The lowest BCUT2D eigenvalue weighted by atomic mass is 9.69. The van der Waals surface area contributed by atoms with E-state index in [-0.39, 0.29) is 10.2 Å². The Morgan fingerprint density at radius 2 is 2.06 bits per heavy atom. The SMILES string of the molecule is CC1=CC=C2C(=O)C(Br)[C@H](C(C)C)[C@@]2(C)CC1. The molecular formula is C15H21BrO. The molecular weight excluding hydrogens is 276 g/mol. The van der Waals surface area contributed by atoms with E-state index in [1.165, 1.54) is 5.57 Å². The number of fused-ring (bicyclic) bond motifs is 1. The predicted molar refractivity (Wildman–Crippen MR) is 75.2 cm³/mol. The first-order valence-electron chi connectivity index (χ1n) is 6.44. The summed E-state index contributed by atoms with van der Waals surface area (Å²) in [5, 5.41) is 0. The third kappa shape index (κ3) is 1.95. The van der Waals surface area contributed by atoms with Gasteiger partial charge in [-0.1, -0.05) is 54.4 Å². The molecule has 0 aliphatic heterocycles. The molecule has 0 bridgehead atoms. The number of Topliss-reactive ketones (excluding diaryl/α,β-unsaturated/α-hetero) is 1. The van der Waals surface area contributed by atoms with Crippen molar-refractivity contribution in [1.82, 2.24) is 0 Å². The molecule has 2 rings (SSSR count). The number of carbonyl (C=O) groups is 1. The van der Waals surface area contributed by atoms with Crippen LogP contribution >= 0.6 is 15.9 Å². The van der Waals surface area contributed by atoms with Crippen molar-refractivity contribution in [3.63, 3.8) is 0 Å². The van der Waals surface area contributed by atoms with Crippen LogP contribution in [0.2, 0.25) is 0 Å². The Hall–Kier alpha value is -0.370. The molecule has 0 spiro atoms. The fourth-order valence-electron chi connectivity index (χ4n) is 3.51. The molecule has 94 valence electrons. The normalized spacial score (nSPS) is 37.6. The van der Waals surface area contributed by atoms with Gasteiger partial charge in [-0.3, -0.25) is 4.79 Å². The van der Waals surface area contributed by atoms with Gasteiger partial charge in [-0.25, -0.2) is 0 Å². The molecule has 2 aliphatic rings. The number of carbonyl (C=O) groups excluding carboxylic acids is 1. The summed E-state index contributed by atoms with van der Waals surface area (Å²) in [7, 11) is 0. The van der Waals surface area contributed by atoms with Crippen molar-refractivity contribution in [2.75, 3.05) is 0 Å². The van der Waals surface area contributed by atoms with E-state index in [0.29, 0.717) is 17.6 Å². The van der Waals surface area contributed by atoms with Gasteiger partial charge < -0.3 is 0 Å². The number of alkyl halides is 1. The molecule has 0 aromatic rings. The molecule has 1 unspecified atom stereocenters. The molecule has 2 heteroatoms. The smallest absolute Gasteiger partial charge is 0.173 e. The Balaban J connectivity index is 2.49. The molecule has 0 heterocycles. The van der Waals surface area contributed by atoms with Gasteiger partial charge in [-0.05, 0) is 31.6 Å². The highest BCUT2D eigenvalue weighted by molar-refractivity contribution is 9.10. The molecule has 3 atom stereocenters. The van der Waals surface area contributed by atoms with Gasteiger partial charge in [0.15, 0.2) is 5.78 Å². The van der Waals surface area contributed by atoms with Gasteiger partial charge in [0, 0.05) is 11.0 Å². The topological polar surface area (TPSA) is 17.1 Å². The minimum atomic E-state index is 0.00514. The van der Waals surface area contributed by atoms with Crippen LogP contribution < -0.4 is 0 Å². The van der Waals surface area contributed by atoms with Gasteiger partial charge in [0.2, 0.25) is 0 Å². The van der Waals surface area contributed by atoms with E-state index < -0.39 is 0 Å². The van der Waals surface area contributed by atoms with Crippen LogP contribution in [0.15, 0.2) is 23.3 Å². The average molecular weight is 297 g/mol. The van der Waals surface area contributed by atoms with Gasteiger partial charge >= 0.3 is 0 Å². The Morgan fingerprint density at radius 3 is 2.65 bits per heavy atom. The molecule has 0 radical (unpaired) electrons. The summed E-state index contributed by atoms with van der Waals surface area (Å²) in [4.78, 5) is 12.4. The lowest BCUT2D eigenvalue weighted by molar-refractivity contribution is -0.114. The summed E-state index contributed by atoms with van der Waals surface area (Å²) in [6.07, 6.45) is 6.40. The number of allylic oxidation sites excluding steroid dienone is 4. The number of hydrogen-bond acceptors (Lipinski definition) is 1. The van der Waals surface area contributed by atoms with Crippen molar-refractivity contribution < 1.29 is 4.79 Å². The standard InChI is InChI=1S/C15H21BrO/c1-9(2)12-13(16)14(17)11-6-5-10(3)7-8-15(11,12)4/h5-6,9,12-13H,7-8H2,1-4H3/t12-,13?,15-/m0/s1. The zero-order chi connectivity index (χ0) is 12.8. The quantitative estimate of drug-likeness (QED) is 0.660. The largest absolute Gasteiger partial charge is 0.293 e. The number of hydrogen-bond donors (Lipinski definition) is 0. The first kappa shape index (κ1) is 13.1. The van der Waals surface area contributed by atoms with Gasteiger partial charge in [0.05, 0.1) is 4.83 Å². The van der Waals surface area contributed by atoms with Gasteiger partial charge in [-0.15, -0.1) is 0 Å². The lowest BCUT2D eigenvalue weighted by Gasteiger charge is -2.35. The minimum Gasteiger partial charge on any atom is -0.293 e. The fraction of sp³-hybridized carbons (Fsp3) is 0.667. The van der Waals surface area contributed by atoms with E-state index in [4.69, 9.17) is 0 Å². The monoisotopic (exact) mass is 296 g/mol. The summed E-state index contributed by atoms with van der Waals surface area (Å²) in [5.41, 5.74) is 2.47.